The summed E-state index contributed by atoms with van der Waals surface area (Å²) in [5.41, 5.74) is 2.39. The van der Waals surface area contributed by atoms with Crippen molar-refractivity contribution < 1.29 is 0 Å². The summed E-state index contributed by atoms with van der Waals surface area (Å²) < 4.78 is 1.28. The maximum Gasteiger partial charge on any atom is 0.0489 e. The van der Waals surface area contributed by atoms with Gasteiger partial charge in [-0.05, 0) is 40.4 Å². The van der Waals surface area contributed by atoms with Crippen LogP contribution in [0.25, 0.3) is 10.1 Å². The minimum Gasteiger partial charge on any atom is -0.144 e. The zero-order chi connectivity index (χ0) is 10.1. The zero-order valence-electron chi connectivity index (χ0n) is 7.81. The normalized spacial score (nSPS) is 11.1. The number of thiophene rings is 1. The topological polar surface area (TPSA) is 0 Å². The second kappa shape index (κ2) is 4.09. The van der Waals surface area contributed by atoms with Gasteiger partial charge in [-0.1, -0.05) is 18.5 Å². The van der Waals surface area contributed by atoms with E-state index in [0.29, 0.717) is 5.88 Å². The number of hydrogen-bond acceptors (Lipinski definition) is 1. The highest BCUT2D eigenvalue weighted by Crippen LogP contribution is 2.32. The van der Waals surface area contributed by atoms with E-state index in [2.05, 4.69) is 18.4 Å². The molecule has 1 aromatic carbocycles. The van der Waals surface area contributed by atoms with Gasteiger partial charge in [-0.25, -0.2) is 0 Å². The summed E-state index contributed by atoms with van der Waals surface area (Å²) in [6, 6.07) is 4.12. The lowest BCUT2D eigenvalue weighted by molar-refractivity contribution is 1.17. The molecule has 1 aromatic heterocycles. The molecule has 0 bridgehead atoms. The maximum absolute atomic E-state index is 6.11. The molecule has 0 radical (unpaired) electrons. The first-order valence-electron chi connectivity index (χ1n) is 4.50. The van der Waals surface area contributed by atoms with Crippen molar-refractivity contribution in [3.8, 4) is 0 Å². The van der Waals surface area contributed by atoms with Crippen molar-refractivity contribution in [1.29, 1.82) is 0 Å². The Morgan fingerprint density at radius 2 is 2.07 bits per heavy atom. The van der Waals surface area contributed by atoms with Gasteiger partial charge in [0.05, 0.1) is 0 Å². The average Bonchev–Trinajstić information content (AvgIpc) is 2.58. The lowest BCUT2D eigenvalue weighted by atomic mass is 10.1. The predicted molar refractivity (Wildman–Crippen MR) is 65.8 cm³/mol. The smallest absolute Gasteiger partial charge is 0.0489 e. The van der Waals surface area contributed by atoms with Crippen LogP contribution in [0.3, 0.4) is 0 Å². The highest BCUT2D eigenvalue weighted by molar-refractivity contribution is 7.17. The molecule has 0 nitrogen and oxygen atoms in total. The number of halogens is 2. The molecule has 0 unspecified atom stereocenters. The first kappa shape index (κ1) is 10.3. The number of fused-ring (bicyclic) bond motifs is 1. The van der Waals surface area contributed by atoms with Crippen LogP contribution in [0.2, 0.25) is 5.02 Å². The summed E-state index contributed by atoms with van der Waals surface area (Å²) in [4.78, 5) is 0. The third kappa shape index (κ3) is 1.65. The summed E-state index contributed by atoms with van der Waals surface area (Å²) in [5, 5.41) is 4.25. The van der Waals surface area contributed by atoms with Crippen LogP contribution in [0.15, 0.2) is 17.5 Å². The molecule has 0 saturated heterocycles. The van der Waals surface area contributed by atoms with E-state index in [1.165, 1.54) is 15.6 Å². The number of benzene rings is 1. The third-order valence-corrected chi connectivity index (χ3v) is 3.98. The van der Waals surface area contributed by atoms with Gasteiger partial charge in [0.25, 0.3) is 0 Å². The van der Waals surface area contributed by atoms with Gasteiger partial charge in [0, 0.05) is 15.6 Å². The summed E-state index contributed by atoms with van der Waals surface area (Å²) in [6.45, 7) is 2.16. The Kier molecular flexibility index (Phi) is 3.01. The van der Waals surface area contributed by atoms with Gasteiger partial charge in [0.2, 0.25) is 0 Å². The number of alkyl halides is 1. The Bertz CT molecular complexity index is 460. The first-order valence-corrected chi connectivity index (χ1v) is 6.30. The molecule has 0 N–H and O–H groups in total. The lowest BCUT2D eigenvalue weighted by Gasteiger charge is -2.01. The molecular weight excluding hydrogens is 235 g/mol. The van der Waals surface area contributed by atoms with E-state index in [0.717, 1.165) is 17.0 Å². The van der Waals surface area contributed by atoms with Crippen LogP contribution in [-0.4, -0.2) is 0 Å². The van der Waals surface area contributed by atoms with Gasteiger partial charge in [-0.2, -0.15) is 0 Å². The Hall–Kier alpha value is -0.240. The summed E-state index contributed by atoms with van der Waals surface area (Å²) >= 11 is 13.7. The van der Waals surface area contributed by atoms with Gasteiger partial charge >= 0.3 is 0 Å². The zero-order valence-corrected chi connectivity index (χ0v) is 10.1. The highest BCUT2D eigenvalue weighted by Gasteiger charge is 2.06. The molecule has 0 aliphatic rings. The lowest BCUT2D eigenvalue weighted by Crippen LogP contribution is -1.81. The fraction of sp³-hybridized carbons (Fsp3) is 0.273. The van der Waals surface area contributed by atoms with Gasteiger partial charge in [0.15, 0.2) is 0 Å². The largest absolute Gasteiger partial charge is 0.144 e. The van der Waals surface area contributed by atoms with Crippen LogP contribution in [0.5, 0.6) is 0 Å². The third-order valence-electron chi connectivity index (χ3n) is 2.35. The van der Waals surface area contributed by atoms with Crippen LogP contribution >= 0.6 is 34.5 Å². The minimum absolute atomic E-state index is 0.480. The van der Waals surface area contributed by atoms with Crippen molar-refractivity contribution in [3.05, 3.63) is 33.7 Å². The molecule has 0 saturated carbocycles. The van der Waals surface area contributed by atoms with E-state index < -0.39 is 0 Å². The second-order valence-corrected chi connectivity index (χ2v) is 4.77. The van der Waals surface area contributed by atoms with Crippen molar-refractivity contribution in [2.45, 2.75) is 19.2 Å². The van der Waals surface area contributed by atoms with Gasteiger partial charge in [-0.15, -0.1) is 22.9 Å². The van der Waals surface area contributed by atoms with Crippen LogP contribution in [0, 0.1) is 0 Å². The molecule has 0 spiro atoms. The molecular formula is C11H10Cl2S. The molecule has 0 aliphatic carbocycles. The Labute approximate surface area is 97.5 Å². The molecule has 1 heterocycles. The van der Waals surface area contributed by atoms with E-state index in [1.807, 2.05) is 6.07 Å². The summed E-state index contributed by atoms with van der Waals surface area (Å²) in [5.74, 6) is 0.480. The molecule has 3 heteroatoms. The second-order valence-electron chi connectivity index (χ2n) is 3.19. The minimum atomic E-state index is 0.480. The molecule has 0 atom stereocenters. The molecule has 0 aliphatic heterocycles. The van der Waals surface area contributed by atoms with Crippen molar-refractivity contribution in [2.75, 3.05) is 0 Å². The number of hydrogen-bond donors (Lipinski definition) is 0. The van der Waals surface area contributed by atoms with Gasteiger partial charge in [0.1, 0.15) is 0 Å². The van der Waals surface area contributed by atoms with Crippen LogP contribution in [0.1, 0.15) is 18.1 Å². The summed E-state index contributed by atoms with van der Waals surface area (Å²) in [6.07, 6.45) is 1.05. The molecule has 2 rings (SSSR count). The molecule has 2 aromatic rings. The molecule has 0 amide bonds. The van der Waals surface area contributed by atoms with E-state index in [-0.39, 0.29) is 0 Å². The Morgan fingerprint density at radius 3 is 2.71 bits per heavy atom. The van der Waals surface area contributed by atoms with E-state index in [9.17, 15) is 0 Å². The highest BCUT2D eigenvalue weighted by atomic mass is 35.5. The number of aryl methyl sites for hydroxylation is 1. The molecule has 0 fully saturated rings. The van der Waals surface area contributed by atoms with Crippen molar-refractivity contribution in [1.82, 2.24) is 0 Å². The van der Waals surface area contributed by atoms with E-state index >= 15 is 0 Å². The summed E-state index contributed by atoms with van der Waals surface area (Å²) in [7, 11) is 0. The van der Waals surface area contributed by atoms with Crippen LogP contribution in [-0.2, 0) is 12.3 Å². The maximum atomic E-state index is 6.11. The van der Waals surface area contributed by atoms with Gasteiger partial charge < -0.3 is 0 Å². The van der Waals surface area contributed by atoms with Crippen molar-refractivity contribution in [3.63, 3.8) is 0 Å². The standard InChI is InChI=1S/C11H10Cl2S/c1-2-7-6-14-11-3-8(5-12)10(13)4-9(7)11/h3-4,6H,2,5H2,1H3. The molecule has 74 valence electrons. The SMILES string of the molecule is CCc1csc2cc(CCl)c(Cl)cc12. The Balaban J connectivity index is 2.69. The van der Waals surface area contributed by atoms with Crippen molar-refractivity contribution in [2.24, 2.45) is 0 Å². The average molecular weight is 245 g/mol. The van der Waals surface area contributed by atoms with Crippen LogP contribution in [0.4, 0.5) is 0 Å². The Morgan fingerprint density at radius 1 is 1.29 bits per heavy atom. The van der Waals surface area contributed by atoms with E-state index in [4.69, 9.17) is 23.2 Å². The van der Waals surface area contributed by atoms with Crippen molar-refractivity contribution >= 4 is 44.6 Å². The van der Waals surface area contributed by atoms with E-state index in [1.54, 1.807) is 11.3 Å². The quantitative estimate of drug-likeness (QED) is 0.663. The monoisotopic (exact) mass is 244 g/mol. The first-order chi connectivity index (χ1) is 6.76. The fourth-order valence-corrected chi connectivity index (χ4v) is 3.13. The van der Waals surface area contributed by atoms with Gasteiger partial charge in [-0.3, -0.25) is 0 Å². The molecule has 14 heavy (non-hydrogen) atoms. The predicted octanol–water partition coefficient (Wildman–Crippen LogP) is 4.86. The van der Waals surface area contributed by atoms with Crippen LogP contribution < -0.4 is 0 Å². The number of rotatable bonds is 2. The fourth-order valence-electron chi connectivity index (χ4n) is 1.52.